The molecule has 2 aliphatic heterocycles. The molecule has 4 atom stereocenters. The number of amides is 2. The van der Waals surface area contributed by atoms with Crippen LogP contribution in [0.4, 0.5) is 4.39 Å². The summed E-state index contributed by atoms with van der Waals surface area (Å²) in [6, 6.07) is 8.18. The van der Waals surface area contributed by atoms with Gasteiger partial charge in [0, 0.05) is 49.7 Å². The van der Waals surface area contributed by atoms with Crippen LogP contribution in [0, 0.1) is 23.6 Å². The average molecular weight is 439 g/mol. The monoisotopic (exact) mass is 439 g/mol. The standard InChI is InChI=1S/C24H26FN3O4/c1-13(30)28-21-17(18(12-29)22(28)23(31)26-10-14-6-7-14)11-27-20(21)9-8-16(24(27)32)15-4-2-3-5-19(15)25/h2-5,8-9,14,17-18,21-22,29H,6-7,10-12H2,1H3,(H,26,31)/t17-,18-,21+,22-/m0/s1. The van der Waals surface area contributed by atoms with Crippen molar-refractivity contribution in [3.05, 3.63) is 58.3 Å². The highest BCUT2D eigenvalue weighted by molar-refractivity contribution is 5.88. The Morgan fingerprint density at radius 3 is 2.56 bits per heavy atom. The number of nitrogens with one attached hydrogen (secondary N) is 1. The summed E-state index contributed by atoms with van der Waals surface area (Å²) >= 11 is 0. The van der Waals surface area contributed by atoms with Crippen molar-refractivity contribution in [1.29, 1.82) is 0 Å². The molecule has 168 valence electrons. The number of aliphatic hydroxyl groups excluding tert-OH is 1. The van der Waals surface area contributed by atoms with Crippen molar-refractivity contribution in [2.24, 2.45) is 17.8 Å². The third kappa shape index (κ3) is 3.24. The second kappa shape index (κ2) is 7.85. The Hall–Kier alpha value is -3.00. The fourth-order valence-electron chi connectivity index (χ4n) is 5.40. The second-order valence-electron chi connectivity index (χ2n) is 9.08. The molecule has 32 heavy (non-hydrogen) atoms. The van der Waals surface area contributed by atoms with Gasteiger partial charge in [-0.25, -0.2) is 4.39 Å². The molecule has 2 aromatic rings. The van der Waals surface area contributed by atoms with Crippen LogP contribution in [0.3, 0.4) is 0 Å². The van der Waals surface area contributed by atoms with E-state index in [2.05, 4.69) is 5.32 Å². The first-order chi connectivity index (χ1) is 15.4. The van der Waals surface area contributed by atoms with Crippen molar-refractivity contribution in [3.8, 4) is 11.1 Å². The van der Waals surface area contributed by atoms with E-state index in [1.807, 2.05) is 0 Å². The molecule has 3 heterocycles. The summed E-state index contributed by atoms with van der Waals surface area (Å²) in [6.45, 7) is 1.99. The van der Waals surface area contributed by atoms with E-state index in [1.165, 1.54) is 17.9 Å². The summed E-state index contributed by atoms with van der Waals surface area (Å²) in [6.07, 6.45) is 2.19. The van der Waals surface area contributed by atoms with E-state index in [0.29, 0.717) is 18.2 Å². The molecule has 1 aromatic carbocycles. The maximum atomic E-state index is 14.3. The van der Waals surface area contributed by atoms with Crippen LogP contribution in [-0.4, -0.2) is 45.6 Å². The van der Waals surface area contributed by atoms with E-state index in [0.717, 1.165) is 12.8 Å². The first-order valence-corrected chi connectivity index (χ1v) is 11.1. The number of fused-ring (bicyclic) bond motifs is 3. The average Bonchev–Trinajstić information content (AvgIpc) is 3.44. The number of pyridine rings is 1. The van der Waals surface area contributed by atoms with Crippen LogP contribution in [0.25, 0.3) is 11.1 Å². The van der Waals surface area contributed by atoms with E-state index in [-0.39, 0.29) is 47.6 Å². The largest absolute Gasteiger partial charge is 0.396 e. The van der Waals surface area contributed by atoms with Crippen LogP contribution in [0.15, 0.2) is 41.2 Å². The number of aromatic nitrogens is 1. The zero-order valence-electron chi connectivity index (χ0n) is 17.8. The molecule has 1 aliphatic carbocycles. The quantitative estimate of drug-likeness (QED) is 0.742. The summed E-state index contributed by atoms with van der Waals surface area (Å²) < 4.78 is 15.9. The molecule has 0 bridgehead atoms. The van der Waals surface area contributed by atoms with Gasteiger partial charge in [0.2, 0.25) is 11.8 Å². The summed E-state index contributed by atoms with van der Waals surface area (Å²) in [5.74, 6) is -1.27. The van der Waals surface area contributed by atoms with Crippen LogP contribution in [0.5, 0.6) is 0 Å². The first kappa shape index (κ1) is 20.9. The summed E-state index contributed by atoms with van der Waals surface area (Å²) in [5.41, 5.74) is 0.757. The number of likely N-dealkylation sites (tertiary alicyclic amines) is 1. The van der Waals surface area contributed by atoms with Gasteiger partial charge in [0.15, 0.2) is 0 Å². The molecule has 2 amide bonds. The maximum Gasteiger partial charge on any atom is 0.258 e. The smallest absolute Gasteiger partial charge is 0.258 e. The Balaban J connectivity index is 1.53. The second-order valence-corrected chi connectivity index (χ2v) is 9.08. The van der Waals surface area contributed by atoms with Gasteiger partial charge in [0.25, 0.3) is 5.56 Å². The Morgan fingerprint density at radius 2 is 1.91 bits per heavy atom. The predicted octanol–water partition coefficient (Wildman–Crippen LogP) is 1.69. The van der Waals surface area contributed by atoms with Crippen LogP contribution >= 0.6 is 0 Å². The number of hydrogen-bond donors (Lipinski definition) is 2. The number of rotatable bonds is 5. The van der Waals surface area contributed by atoms with Crippen molar-refractivity contribution >= 4 is 11.8 Å². The Morgan fingerprint density at radius 1 is 1.16 bits per heavy atom. The number of carbonyl (C=O) groups is 2. The van der Waals surface area contributed by atoms with Crippen LogP contribution in [-0.2, 0) is 16.1 Å². The highest BCUT2D eigenvalue weighted by Gasteiger charge is 2.56. The molecule has 1 saturated heterocycles. The van der Waals surface area contributed by atoms with Crippen molar-refractivity contribution in [2.45, 2.75) is 38.4 Å². The van der Waals surface area contributed by atoms with Gasteiger partial charge >= 0.3 is 0 Å². The highest BCUT2D eigenvalue weighted by Crippen LogP contribution is 2.49. The molecule has 8 heteroatoms. The molecule has 5 rings (SSSR count). The van der Waals surface area contributed by atoms with E-state index in [9.17, 15) is 23.9 Å². The fraction of sp³-hybridized carbons (Fsp3) is 0.458. The maximum absolute atomic E-state index is 14.3. The van der Waals surface area contributed by atoms with Crippen molar-refractivity contribution < 1.29 is 19.1 Å². The molecular formula is C24H26FN3O4. The molecule has 1 aromatic heterocycles. The SMILES string of the molecule is CC(=O)N1[C@H](C(=O)NCC2CC2)[C@@H](CO)[C@@H]2Cn3c(ccc(-c4ccccc4F)c3=O)[C@@H]21. The number of nitrogens with zero attached hydrogens (tertiary/aromatic N) is 2. The van der Waals surface area contributed by atoms with Crippen LogP contribution < -0.4 is 10.9 Å². The van der Waals surface area contributed by atoms with Gasteiger partial charge in [0.05, 0.1) is 11.6 Å². The molecule has 0 spiro atoms. The van der Waals surface area contributed by atoms with Gasteiger partial charge in [0.1, 0.15) is 11.9 Å². The number of benzene rings is 1. The summed E-state index contributed by atoms with van der Waals surface area (Å²) in [4.78, 5) is 40.5. The van der Waals surface area contributed by atoms with E-state index >= 15 is 0 Å². The summed E-state index contributed by atoms with van der Waals surface area (Å²) in [5, 5.41) is 13.1. The Labute approximate surface area is 184 Å². The zero-order chi connectivity index (χ0) is 22.6. The number of carbonyl (C=O) groups excluding carboxylic acids is 2. The molecule has 2 N–H and O–H groups in total. The van der Waals surface area contributed by atoms with Crippen molar-refractivity contribution in [1.82, 2.24) is 14.8 Å². The lowest BCUT2D eigenvalue weighted by atomic mass is 9.88. The normalized spacial score (nSPS) is 26.0. The summed E-state index contributed by atoms with van der Waals surface area (Å²) in [7, 11) is 0. The van der Waals surface area contributed by atoms with Gasteiger partial charge in [-0.3, -0.25) is 14.4 Å². The van der Waals surface area contributed by atoms with Crippen molar-refractivity contribution in [3.63, 3.8) is 0 Å². The minimum absolute atomic E-state index is 0.226. The molecule has 7 nitrogen and oxygen atoms in total. The molecular weight excluding hydrogens is 413 g/mol. The fourth-order valence-corrected chi connectivity index (χ4v) is 5.40. The van der Waals surface area contributed by atoms with E-state index in [4.69, 9.17) is 0 Å². The predicted molar refractivity (Wildman–Crippen MR) is 115 cm³/mol. The van der Waals surface area contributed by atoms with Gasteiger partial charge in [-0.1, -0.05) is 18.2 Å². The lowest BCUT2D eigenvalue weighted by Crippen LogP contribution is -2.50. The molecule has 3 aliphatic rings. The van der Waals surface area contributed by atoms with Gasteiger partial charge < -0.3 is 19.9 Å². The molecule has 1 saturated carbocycles. The highest BCUT2D eigenvalue weighted by atomic mass is 19.1. The number of halogens is 1. The van der Waals surface area contributed by atoms with Gasteiger partial charge in [-0.2, -0.15) is 0 Å². The lowest BCUT2D eigenvalue weighted by molar-refractivity contribution is -0.140. The van der Waals surface area contributed by atoms with E-state index < -0.39 is 23.8 Å². The van der Waals surface area contributed by atoms with Gasteiger partial charge in [-0.05, 0) is 37.0 Å². The first-order valence-electron chi connectivity index (χ1n) is 11.1. The third-order valence-electron chi connectivity index (χ3n) is 7.13. The molecule has 2 fully saturated rings. The van der Waals surface area contributed by atoms with Crippen LogP contribution in [0.1, 0.15) is 31.5 Å². The number of hydrogen-bond acceptors (Lipinski definition) is 4. The Bertz CT molecular complexity index is 1140. The van der Waals surface area contributed by atoms with Crippen LogP contribution in [0.2, 0.25) is 0 Å². The minimum Gasteiger partial charge on any atom is -0.396 e. The van der Waals surface area contributed by atoms with E-state index in [1.54, 1.807) is 34.9 Å². The molecule has 0 radical (unpaired) electrons. The molecule has 0 unspecified atom stereocenters. The lowest BCUT2D eigenvalue weighted by Gasteiger charge is -2.30. The topological polar surface area (TPSA) is 91.6 Å². The Kier molecular flexibility index (Phi) is 5.12. The zero-order valence-corrected chi connectivity index (χ0v) is 17.8. The minimum atomic E-state index is -0.777. The van der Waals surface area contributed by atoms with Crippen molar-refractivity contribution in [2.75, 3.05) is 13.2 Å². The third-order valence-corrected chi connectivity index (χ3v) is 7.13. The number of aliphatic hydroxyl groups is 1. The van der Waals surface area contributed by atoms with Gasteiger partial charge in [-0.15, -0.1) is 0 Å².